The summed E-state index contributed by atoms with van der Waals surface area (Å²) in [7, 11) is 1.92. The van der Waals surface area contributed by atoms with E-state index < -0.39 is 12.0 Å². The predicted molar refractivity (Wildman–Crippen MR) is 98.2 cm³/mol. The maximum absolute atomic E-state index is 11.2. The lowest BCUT2D eigenvalue weighted by molar-refractivity contribution is -0.138. The van der Waals surface area contributed by atoms with Gasteiger partial charge in [0.1, 0.15) is 11.8 Å². The fourth-order valence-corrected chi connectivity index (χ4v) is 3.02. The van der Waals surface area contributed by atoms with Crippen molar-refractivity contribution in [3.63, 3.8) is 0 Å². The van der Waals surface area contributed by atoms with Crippen molar-refractivity contribution in [1.29, 1.82) is 0 Å². The van der Waals surface area contributed by atoms with E-state index in [1.807, 2.05) is 67.9 Å². The first kappa shape index (κ1) is 17.0. The number of para-hydroxylation sites is 1. The summed E-state index contributed by atoms with van der Waals surface area (Å²) in [5.41, 5.74) is 9.79. The largest absolute Gasteiger partial charge is 0.480 e. The smallest absolute Gasteiger partial charge is 0.320 e. The first-order chi connectivity index (χ1) is 11.9. The van der Waals surface area contributed by atoms with Gasteiger partial charge >= 0.3 is 5.97 Å². The molecular weight excluding hydrogens is 316 g/mol. The highest BCUT2D eigenvalue weighted by molar-refractivity contribution is 5.88. The molecule has 0 aliphatic carbocycles. The maximum Gasteiger partial charge on any atom is 0.320 e. The number of aliphatic carboxylic acids is 1. The Morgan fingerprint density at radius 1 is 1.20 bits per heavy atom. The quantitative estimate of drug-likeness (QED) is 0.746. The number of nitrogens with two attached hydrogens (primary N) is 1. The molecule has 0 radical (unpaired) electrons. The zero-order chi connectivity index (χ0) is 18.1. The molecule has 1 unspecified atom stereocenters. The molecule has 0 aliphatic rings. The zero-order valence-electron chi connectivity index (χ0n) is 14.6. The Balaban J connectivity index is 2.14. The Hall–Kier alpha value is -2.79. The van der Waals surface area contributed by atoms with E-state index in [4.69, 9.17) is 10.5 Å². The van der Waals surface area contributed by atoms with Crippen molar-refractivity contribution in [1.82, 2.24) is 4.57 Å². The lowest BCUT2D eigenvalue weighted by Gasteiger charge is -2.14. The molecule has 0 bridgehead atoms. The number of nitrogens with zero attached hydrogens (tertiary/aromatic N) is 1. The van der Waals surface area contributed by atoms with Gasteiger partial charge in [0.2, 0.25) is 5.88 Å². The van der Waals surface area contributed by atoms with Crippen molar-refractivity contribution >= 4 is 16.9 Å². The van der Waals surface area contributed by atoms with Crippen molar-refractivity contribution in [2.24, 2.45) is 12.8 Å². The first-order valence-electron chi connectivity index (χ1n) is 8.19. The van der Waals surface area contributed by atoms with Crippen LogP contribution in [0.4, 0.5) is 0 Å². The molecule has 0 amide bonds. The van der Waals surface area contributed by atoms with Gasteiger partial charge in [0.15, 0.2) is 0 Å². The van der Waals surface area contributed by atoms with E-state index >= 15 is 0 Å². The lowest BCUT2D eigenvalue weighted by atomic mass is 10.0. The minimum Gasteiger partial charge on any atom is -0.480 e. The van der Waals surface area contributed by atoms with Gasteiger partial charge in [-0.1, -0.05) is 30.3 Å². The molecule has 5 heteroatoms. The van der Waals surface area contributed by atoms with E-state index in [2.05, 4.69) is 0 Å². The van der Waals surface area contributed by atoms with Gasteiger partial charge in [-0.2, -0.15) is 0 Å². The minimum absolute atomic E-state index is 0.205. The third-order valence-corrected chi connectivity index (χ3v) is 4.66. The third-order valence-electron chi connectivity index (χ3n) is 4.66. The second kappa shape index (κ2) is 6.61. The van der Waals surface area contributed by atoms with Crippen molar-refractivity contribution in [2.75, 3.05) is 0 Å². The summed E-state index contributed by atoms with van der Waals surface area (Å²) in [5, 5.41) is 10.2. The molecule has 5 nitrogen and oxygen atoms in total. The van der Waals surface area contributed by atoms with Crippen molar-refractivity contribution < 1.29 is 14.6 Å². The molecule has 3 N–H and O–H groups in total. The molecule has 25 heavy (non-hydrogen) atoms. The summed E-state index contributed by atoms with van der Waals surface area (Å²) < 4.78 is 8.18. The van der Waals surface area contributed by atoms with Gasteiger partial charge < -0.3 is 20.1 Å². The SMILES string of the molecule is Cc1cccc(Oc2c(CC(N)C(=O)O)c3ccccc3n2C)c1C. The normalized spacial score (nSPS) is 12.3. The minimum atomic E-state index is -1.02. The number of carbonyl (C=O) groups is 1. The number of fused-ring (bicyclic) bond motifs is 1. The second-order valence-corrected chi connectivity index (χ2v) is 6.31. The summed E-state index contributed by atoms with van der Waals surface area (Å²) in [6, 6.07) is 12.8. The van der Waals surface area contributed by atoms with E-state index in [0.29, 0.717) is 5.88 Å². The van der Waals surface area contributed by atoms with Crippen LogP contribution in [0.5, 0.6) is 11.6 Å². The molecule has 130 valence electrons. The first-order valence-corrected chi connectivity index (χ1v) is 8.19. The molecule has 3 aromatic rings. The number of rotatable bonds is 5. The monoisotopic (exact) mass is 338 g/mol. The highest BCUT2D eigenvalue weighted by Gasteiger charge is 2.22. The van der Waals surface area contributed by atoms with E-state index in [-0.39, 0.29) is 6.42 Å². The Labute approximate surface area is 146 Å². The fraction of sp³-hybridized carbons (Fsp3) is 0.250. The Kier molecular flexibility index (Phi) is 4.51. The molecule has 1 atom stereocenters. The van der Waals surface area contributed by atoms with Crippen molar-refractivity contribution in [3.05, 3.63) is 59.2 Å². The molecule has 0 saturated carbocycles. The summed E-state index contributed by atoms with van der Waals surface area (Å²) in [6.07, 6.45) is 0.205. The Morgan fingerprint density at radius 2 is 1.92 bits per heavy atom. The van der Waals surface area contributed by atoms with Gasteiger partial charge in [0, 0.05) is 24.4 Å². The molecule has 0 saturated heterocycles. The molecular formula is C20H22N2O3. The lowest BCUT2D eigenvalue weighted by Crippen LogP contribution is -2.32. The molecule has 1 aromatic heterocycles. The summed E-state index contributed by atoms with van der Waals surface area (Å²) >= 11 is 0. The second-order valence-electron chi connectivity index (χ2n) is 6.31. The van der Waals surface area contributed by atoms with Crippen LogP contribution in [0.3, 0.4) is 0 Å². The zero-order valence-corrected chi connectivity index (χ0v) is 14.6. The standard InChI is InChI=1S/C20H22N2O3/c1-12-7-6-10-18(13(12)2)25-19-15(11-16(21)20(23)24)14-8-4-5-9-17(14)22(19)3/h4-10,16H,11,21H2,1-3H3,(H,23,24). The molecule has 0 spiro atoms. The van der Waals surface area contributed by atoms with Crippen LogP contribution in [0.2, 0.25) is 0 Å². The maximum atomic E-state index is 11.2. The van der Waals surface area contributed by atoms with Crippen LogP contribution in [0.15, 0.2) is 42.5 Å². The summed E-state index contributed by atoms with van der Waals surface area (Å²) in [6.45, 7) is 4.04. The van der Waals surface area contributed by atoms with E-state index in [9.17, 15) is 9.90 Å². The van der Waals surface area contributed by atoms with Gasteiger partial charge in [-0.15, -0.1) is 0 Å². The summed E-state index contributed by atoms with van der Waals surface area (Å²) in [4.78, 5) is 11.2. The molecule has 0 aliphatic heterocycles. The van der Waals surface area contributed by atoms with Crippen LogP contribution in [-0.2, 0) is 18.3 Å². The number of hydrogen-bond acceptors (Lipinski definition) is 3. The molecule has 2 aromatic carbocycles. The number of benzene rings is 2. The number of carboxylic acid groups (broad SMARTS) is 1. The molecule has 1 heterocycles. The number of carboxylic acids is 1. The average Bonchev–Trinajstić information content (AvgIpc) is 2.85. The van der Waals surface area contributed by atoms with Crippen molar-refractivity contribution in [3.8, 4) is 11.6 Å². The van der Waals surface area contributed by atoms with Crippen LogP contribution in [-0.4, -0.2) is 21.7 Å². The fourth-order valence-electron chi connectivity index (χ4n) is 3.02. The highest BCUT2D eigenvalue weighted by Crippen LogP contribution is 2.36. The highest BCUT2D eigenvalue weighted by atomic mass is 16.5. The third kappa shape index (κ3) is 3.10. The van der Waals surface area contributed by atoms with Gasteiger partial charge in [0.05, 0.1) is 5.52 Å². The topological polar surface area (TPSA) is 77.5 Å². The number of ether oxygens (including phenoxy) is 1. The average molecular weight is 338 g/mol. The van der Waals surface area contributed by atoms with Crippen LogP contribution >= 0.6 is 0 Å². The van der Waals surface area contributed by atoms with E-state index in [0.717, 1.165) is 33.3 Å². The number of aryl methyl sites for hydroxylation is 2. The Bertz CT molecular complexity index is 944. The van der Waals surface area contributed by atoms with Crippen LogP contribution in [0.1, 0.15) is 16.7 Å². The molecule has 0 fully saturated rings. The van der Waals surface area contributed by atoms with Gasteiger partial charge in [0.25, 0.3) is 0 Å². The van der Waals surface area contributed by atoms with Crippen LogP contribution < -0.4 is 10.5 Å². The Morgan fingerprint density at radius 3 is 2.64 bits per heavy atom. The van der Waals surface area contributed by atoms with Gasteiger partial charge in [-0.25, -0.2) is 0 Å². The predicted octanol–water partition coefficient (Wildman–Crippen LogP) is 3.54. The van der Waals surface area contributed by atoms with Crippen LogP contribution in [0.25, 0.3) is 10.9 Å². The number of hydrogen-bond donors (Lipinski definition) is 2. The van der Waals surface area contributed by atoms with Crippen LogP contribution in [0, 0.1) is 13.8 Å². The van der Waals surface area contributed by atoms with Crippen molar-refractivity contribution in [2.45, 2.75) is 26.3 Å². The van der Waals surface area contributed by atoms with Gasteiger partial charge in [-0.3, -0.25) is 4.79 Å². The summed E-state index contributed by atoms with van der Waals surface area (Å²) in [5.74, 6) is 0.369. The number of aromatic nitrogens is 1. The van der Waals surface area contributed by atoms with E-state index in [1.165, 1.54) is 0 Å². The van der Waals surface area contributed by atoms with Gasteiger partial charge in [-0.05, 0) is 37.1 Å². The molecule has 3 rings (SSSR count). The van der Waals surface area contributed by atoms with E-state index in [1.54, 1.807) is 0 Å².